The average molecular weight is 390 g/mol. The number of aliphatic hydroxyl groups excluding tert-OH is 1. The number of carboxylic acid groups (broad SMARTS) is 1. The van der Waals surface area contributed by atoms with Crippen molar-refractivity contribution in [1.82, 2.24) is 26.6 Å². The SMILES string of the molecule is N[C@@H](CO)C(=O)NCC(=O)NCC(=O)NCC(=O)NCC(=O)NCC(=O)O. The Morgan fingerprint density at radius 3 is 1.33 bits per heavy atom. The average Bonchev–Trinajstić information content (AvgIpc) is 2.64. The van der Waals surface area contributed by atoms with Crippen molar-refractivity contribution in [3.63, 3.8) is 0 Å². The van der Waals surface area contributed by atoms with Crippen LogP contribution in [0.1, 0.15) is 0 Å². The van der Waals surface area contributed by atoms with Gasteiger partial charge in [-0.25, -0.2) is 0 Å². The zero-order valence-electron chi connectivity index (χ0n) is 14.2. The van der Waals surface area contributed by atoms with E-state index < -0.39 is 80.9 Å². The Kier molecular flexibility index (Phi) is 11.4. The number of hydrogen-bond acceptors (Lipinski definition) is 8. The van der Waals surface area contributed by atoms with Crippen molar-refractivity contribution in [1.29, 1.82) is 0 Å². The minimum atomic E-state index is -1.24. The second-order valence-corrected chi connectivity index (χ2v) is 5.01. The summed E-state index contributed by atoms with van der Waals surface area (Å²) in [6.45, 7) is -3.02. The molecular weight excluding hydrogens is 368 g/mol. The van der Waals surface area contributed by atoms with Gasteiger partial charge < -0.3 is 42.5 Å². The lowest BCUT2D eigenvalue weighted by Crippen LogP contribution is -2.48. The Labute approximate surface area is 153 Å². The summed E-state index contributed by atoms with van der Waals surface area (Å²) in [6.07, 6.45) is 0. The maximum atomic E-state index is 11.5. The number of aliphatic hydroxyl groups is 1. The van der Waals surface area contributed by atoms with Gasteiger partial charge in [-0.05, 0) is 0 Å². The van der Waals surface area contributed by atoms with E-state index in [0.29, 0.717) is 0 Å². The van der Waals surface area contributed by atoms with Crippen molar-refractivity contribution in [3.05, 3.63) is 0 Å². The highest BCUT2D eigenvalue weighted by molar-refractivity contribution is 5.91. The van der Waals surface area contributed by atoms with Crippen LogP contribution in [0.15, 0.2) is 0 Å². The molecule has 9 N–H and O–H groups in total. The maximum absolute atomic E-state index is 11.5. The smallest absolute Gasteiger partial charge is 0.322 e. The normalized spacial score (nSPS) is 10.9. The molecule has 0 spiro atoms. The molecule has 152 valence electrons. The first-order valence-electron chi connectivity index (χ1n) is 7.58. The molecule has 0 aromatic heterocycles. The molecule has 0 aromatic rings. The van der Waals surface area contributed by atoms with Crippen LogP contribution in [0.5, 0.6) is 0 Å². The van der Waals surface area contributed by atoms with Crippen molar-refractivity contribution in [3.8, 4) is 0 Å². The summed E-state index contributed by atoms with van der Waals surface area (Å²) in [5.41, 5.74) is 5.22. The molecule has 27 heavy (non-hydrogen) atoms. The van der Waals surface area contributed by atoms with E-state index in [9.17, 15) is 28.8 Å². The van der Waals surface area contributed by atoms with E-state index in [4.69, 9.17) is 15.9 Å². The quantitative estimate of drug-likeness (QED) is 0.158. The number of carbonyl (C=O) groups is 6. The zero-order valence-corrected chi connectivity index (χ0v) is 14.2. The Bertz CT molecular complexity index is 581. The van der Waals surface area contributed by atoms with E-state index in [0.717, 1.165) is 0 Å². The number of carboxylic acids is 1. The first kappa shape index (κ1) is 23.7. The molecule has 0 bridgehead atoms. The summed E-state index contributed by atoms with van der Waals surface area (Å²) in [6, 6.07) is -1.16. The van der Waals surface area contributed by atoms with Crippen LogP contribution < -0.4 is 32.3 Å². The molecule has 0 saturated heterocycles. The van der Waals surface area contributed by atoms with Gasteiger partial charge >= 0.3 is 5.97 Å². The summed E-state index contributed by atoms with van der Waals surface area (Å²) in [5.74, 6) is -4.78. The van der Waals surface area contributed by atoms with Crippen LogP contribution in [0.25, 0.3) is 0 Å². The van der Waals surface area contributed by atoms with Gasteiger partial charge in [-0.3, -0.25) is 28.8 Å². The molecule has 14 heteroatoms. The highest BCUT2D eigenvalue weighted by Gasteiger charge is 2.13. The fourth-order valence-corrected chi connectivity index (χ4v) is 1.34. The third kappa shape index (κ3) is 12.7. The predicted octanol–water partition coefficient (Wildman–Crippen LogP) is -6.03. The molecule has 14 nitrogen and oxygen atoms in total. The van der Waals surface area contributed by atoms with Gasteiger partial charge in [0.15, 0.2) is 0 Å². The van der Waals surface area contributed by atoms with Crippen LogP contribution in [0, 0.1) is 0 Å². The number of nitrogens with one attached hydrogen (secondary N) is 5. The molecular formula is C13H22N6O8. The second-order valence-electron chi connectivity index (χ2n) is 5.01. The third-order valence-corrected chi connectivity index (χ3v) is 2.73. The lowest BCUT2D eigenvalue weighted by Gasteiger charge is -2.10. The van der Waals surface area contributed by atoms with Crippen molar-refractivity contribution in [2.75, 3.05) is 39.3 Å². The van der Waals surface area contributed by atoms with E-state index >= 15 is 0 Å². The number of aliphatic carboxylic acids is 1. The van der Waals surface area contributed by atoms with Gasteiger partial charge in [0.05, 0.1) is 32.8 Å². The molecule has 0 unspecified atom stereocenters. The molecule has 0 radical (unpaired) electrons. The number of hydrogen-bond donors (Lipinski definition) is 8. The van der Waals surface area contributed by atoms with Gasteiger partial charge in [0, 0.05) is 0 Å². The topological polar surface area (TPSA) is 229 Å². The Morgan fingerprint density at radius 2 is 1.00 bits per heavy atom. The fourth-order valence-electron chi connectivity index (χ4n) is 1.34. The first-order valence-corrected chi connectivity index (χ1v) is 7.58. The summed E-state index contributed by atoms with van der Waals surface area (Å²) in [4.78, 5) is 66.9. The van der Waals surface area contributed by atoms with E-state index in [2.05, 4.69) is 21.3 Å². The Balaban J connectivity index is 3.88. The minimum absolute atomic E-state index is 0.453. The molecule has 1 atom stereocenters. The first-order chi connectivity index (χ1) is 12.6. The highest BCUT2D eigenvalue weighted by atomic mass is 16.4. The van der Waals surface area contributed by atoms with Gasteiger partial charge in [0.2, 0.25) is 29.5 Å². The van der Waals surface area contributed by atoms with Crippen LogP contribution in [0.4, 0.5) is 0 Å². The maximum Gasteiger partial charge on any atom is 0.322 e. The van der Waals surface area contributed by atoms with Crippen LogP contribution in [-0.2, 0) is 28.8 Å². The number of carbonyl (C=O) groups excluding carboxylic acids is 5. The summed E-state index contributed by atoms with van der Waals surface area (Å²) >= 11 is 0. The molecule has 0 rings (SSSR count). The molecule has 0 aliphatic heterocycles. The van der Waals surface area contributed by atoms with Gasteiger partial charge in [0.25, 0.3) is 0 Å². The van der Waals surface area contributed by atoms with Crippen molar-refractivity contribution in [2.24, 2.45) is 5.73 Å². The van der Waals surface area contributed by atoms with Gasteiger partial charge in [-0.15, -0.1) is 0 Å². The molecule has 5 amide bonds. The van der Waals surface area contributed by atoms with E-state index in [1.54, 1.807) is 0 Å². The lowest BCUT2D eigenvalue weighted by atomic mass is 10.3. The predicted molar refractivity (Wildman–Crippen MR) is 87.7 cm³/mol. The number of nitrogens with two attached hydrogens (primary N) is 1. The Hall–Kier alpha value is -3.26. The van der Waals surface area contributed by atoms with Gasteiger partial charge in [0.1, 0.15) is 12.6 Å². The van der Waals surface area contributed by atoms with Crippen LogP contribution in [0.2, 0.25) is 0 Å². The highest BCUT2D eigenvalue weighted by Crippen LogP contribution is 1.76. The molecule has 0 aromatic carbocycles. The number of rotatable bonds is 12. The Morgan fingerprint density at radius 1 is 0.667 bits per heavy atom. The standard InChI is InChI=1S/C13H22N6O8/c14-7(6-20)13(27)19-4-11(24)17-2-9(22)15-1-8(21)16-3-10(23)18-5-12(25)26/h7,20H,1-6,14H2,(H,15,22)(H,16,21)(H,17,24)(H,18,23)(H,19,27)(H,25,26)/t7-/m0/s1. The van der Waals surface area contributed by atoms with Gasteiger partial charge in [-0.1, -0.05) is 0 Å². The minimum Gasteiger partial charge on any atom is -0.480 e. The summed E-state index contributed by atoms with van der Waals surface area (Å²) in [7, 11) is 0. The molecule has 0 fully saturated rings. The molecule has 0 aliphatic carbocycles. The van der Waals surface area contributed by atoms with E-state index in [1.165, 1.54) is 0 Å². The third-order valence-electron chi connectivity index (χ3n) is 2.73. The van der Waals surface area contributed by atoms with Crippen LogP contribution >= 0.6 is 0 Å². The van der Waals surface area contributed by atoms with Crippen LogP contribution in [-0.4, -0.2) is 91.1 Å². The molecule has 0 saturated carbocycles. The van der Waals surface area contributed by atoms with Crippen molar-refractivity contribution < 1.29 is 39.0 Å². The molecule has 0 aliphatic rings. The summed E-state index contributed by atoms with van der Waals surface area (Å²) in [5, 5.41) is 27.7. The van der Waals surface area contributed by atoms with Gasteiger partial charge in [-0.2, -0.15) is 0 Å². The second kappa shape index (κ2) is 13.0. The van der Waals surface area contributed by atoms with Crippen molar-refractivity contribution in [2.45, 2.75) is 6.04 Å². The summed E-state index contributed by atoms with van der Waals surface area (Å²) < 4.78 is 0. The van der Waals surface area contributed by atoms with E-state index in [-0.39, 0.29) is 0 Å². The zero-order chi connectivity index (χ0) is 20.8. The fraction of sp³-hybridized carbons (Fsp3) is 0.538. The lowest BCUT2D eigenvalue weighted by molar-refractivity contribution is -0.137. The monoisotopic (exact) mass is 390 g/mol. The number of amides is 5. The largest absolute Gasteiger partial charge is 0.480 e. The van der Waals surface area contributed by atoms with E-state index in [1.807, 2.05) is 5.32 Å². The van der Waals surface area contributed by atoms with Crippen molar-refractivity contribution >= 4 is 35.5 Å². The molecule has 0 heterocycles. The van der Waals surface area contributed by atoms with Crippen LogP contribution in [0.3, 0.4) is 0 Å².